The van der Waals surface area contributed by atoms with Gasteiger partial charge in [-0.2, -0.15) is 0 Å². The monoisotopic (exact) mass is 510 g/mol. The molecule has 6 heteroatoms. The molecule has 0 bridgehead atoms. The first-order valence-corrected chi connectivity index (χ1v) is 13.8. The van der Waals surface area contributed by atoms with Crippen molar-refractivity contribution in [3.05, 3.63) is 64.2 Å². The highest BCUT2D eigenvalue weighted by Gasteiger charge is 2.28. The van der Waals surface area contributed by atoms with Crippen LogP contribution in [0.25, 0.3) is 0 Å². The van der Waals surface area contributed by atoms with Gasteiger partial charge in [-0.25, -0.2) is 0 Å². The summed E-state index contributed by atoms with van der Waals surface area (Å²) in [5.74, 6) is 0.243. The Balaban J connectivity index is 1.78. The van der Waals surface area contributed by atoms with Crippen LogP contribution in [-0.2, 0) is 20.7 Å². The Morgan fingerprint density at radius 3 is 2.08 bits per heavy atom. The van der Waals surface area contributed by atoms with Gasteiger partial charge in [-0.1, -0.05) is 49.7 Å². The maximum atomic E-state index is 13.2. The molecule has 204 valence electrons. The molecule has 1 atom stereocenters. The average molecular weight is 511 g/mol. The van der Waals surface area contributed by atoms with Crippen LogP contribution in [0.3, 0.4) is 0 Å². The average Bonchev–Trinajstić information content (AvgIpc) is 2.86. The zero-order chi connectivity index (χ0) is 27.3. The number of para-hydroxylation sites is 1. The van der Waals surface area contributed by atoms with Crippen LogP contribution in [0.15, 0.2) is 36.4 Å². The van der Waals surface area contributed by atoms with Gasteiger partial charge < -0.3 is 19.9 Å². The molecule has 0 aliphatic heterocycles. The molecule has 0 saturated heterocycles. The number of nitrogens with zero attached hydrogens (tertiary/aromatic N) is 1. The number of anilines is 1. The summed E-state index contributed by atoms with van der Waals surface area (Å²) in [5, 5.41) is 6.16. The molecule has 0 aromatic heterocycles. The summed E-state index contributed by atoms with van der Waals surface area (Å²) in [7, 11) is 0. The number of carbonyl (C=O) groups excluding carboxylic acids is 2. The van der Waals surface area contributed by atoms with E-state index >= 15 is 0 Å². The van der Waals surface area contributed by atoms with Gasteiger partial charge in [0.25, 0.3) is 0 Å². The van der Waals surface area contributed by atoms with Crippen LogP contribution in [0.1, 0.15) is 54.5 Å². The fourth-order valence-electron chi connectivity index (χ4n) is 4.85. The number of benzene rings is 2. The van der Waals surface area contributed by atoms with Crippen molar-refractivity contribution in [3.8, 4) is 0 Å². The number of hydrogen-bond acceptors (Lipinski definition) is 4. The number of ether oxygens (including phenoxy) is 1. The number of unbranched alkanes of at least 4 members (excludes halogenated alkanes) is 1. The SMILES string of the molecule is CCCC[N+](CC)(CCOCCNCC(=O)Nc1c(C)cccc1C)CC(=O)Cc1c(C)cccc1C. The molecule has 2 N–H and O–H groups in total. The summed E-state index contributed by atoms with van der Waals surface area (Å²) < 4.78 is 6.69. The number of hydrogen-bond donors (Lipinski definition) is 2. The predicted molar refractivity (Wildman–Crippen MR) is 153 cm³/mol. The molecule has 1 unspecified atom stereocenters. The van der Waals surface area contributed by atoms with Crippen LogP contribution >= 0.6 is 0 Å². The minimum Gasteiger partial charge on any atom is -0.374 e. The van der Waals surface area contributed by atoms with Gasteiger partial charge >= 0.3 is 0 Å². The van der Waals surface area contributed by atoms with Crippen molar-refractivity contribution >= 4 is 17.4 Å². The van der Waals surface area contributed by atoms with Gasteiger partial charge in [-0.15, -0.1) is 0 Å². The fraction of sp³-hybridized carbons (Fsp3) is 0.548. The van der Waals surface area contributed by atoms with Crippen molar-refractivity contribution in [2.45, 2.75) is 60.8 Å². The first kappa shape index (κ1) is 30.7. The van der Waals surface area contributed by atoms with Crippen molar-refractivity contribution in [1.82, 2.24) is 5.32 Å². The van der Waals surface area contributed by atoms with Crippen LogP contribution in [0, 0.1) is 27.7 Å². The highest BCUT2D eigenvalue weighted by atomic mass is 16.5. The number of carbonyl (C=O) groups is 2. The Kier molecular flexibility index (Phi) is 13.0. The van der Waals surface area contributed by atoms with Gasteiger partial charge in [0.15, 0.2) is 5.78 Å². The normalized spacial score (nSPS) is 12.8. The van der Waals surface area contributed by atoms with Gasteiger partial charge in [0.05, 0.1) is 32.8 Å². The third-order valence-corrected chi connectivity index (χ3v) is 7.35. The lowest BCUT2D eigenvalue weighted by atomic mass is 9.97. The number of likely N-dealkylation sites (N-methyl/N-ethyl adjacent to an activating group) is 1. The lowest BCUT2D eigenvalue weighted by molar-refractivity contribution is -0.919. The van der Waals surface area contributed by atoms with Gasteiger partial charge in [-0.05, 0) is 68.9 Å². The number of nitrogens with one attached hydrogen (secondary N) is 2. The van der Waals surface area contributed by atoms with E-state index in [9.17, 15) is 9.59 Å². The van der Waals surface area contributed by atoms with E-state index in [0.29, 0.717) is 38.5 Å². The quantitative estimate of drug-likeness (QED) is 0.234. The van der Waals surface area contributed by atoms with Crippen molar-refractivity contribution in [2.24, 2.45) is 0 Å². The van der Waals surface area contributed by atoms with Crippen molar-refractivity contribution in [3.63, 3.8) is 0 Å². The molecular formula is C31H48N3O3+. The summed E-state index contributed by atoms with van der Waals surface area (Å²) in [4.78, 5) is 25.5. The van der Waals surface area contributed by atoms with E-state index in [1.54, 1.807) is 0 Å². The summed E-state index contributed by atoms with van der Waals surface area (Å²) in [6.45, 7) is 17.8. The molecule has 2 aromatic rings. The van der Waals surface area contributed by atoms with Crippen LogP contribution in [0.4, 0.5) is 5.69 Å². The number of ketones is 1. The van der Waals surface area contributed by atoms with E-state index in [-0.39, 0.29) is 12.5 Å². The third kappa shape index (κ3) is 10.0. The molecule has 0 heterocycles. The fourth-order valence-corrected chi connectivity index (χ4v) is 4.85. The topological polar surface area (TPSA) is 67.4 Å². The lowest BCUT2D eigenvalue weighted by Crippen LogP contribution is -2.53. The second kappa shape index (κ2) is 15.7. The van der Waals surface area contributed by atoms with Crippen molar-refractivity contribution < 1.29 is 18.8 Å². The van der Waals surface area contributed by atoms with Crippen LogP contribution in [0.5, 0.6) is 0 Å². The zero-order valence-corrected chi connectivity index (χ0v) is 23.9. The van der Waals surface area contributed by atoms with Gasteiger partial charge in [0.1, 0.15) is 13.1 Å². The smallest absolute Gasteiger partial charge is 0.238 e. The Bertz CT molecular complexity index is 980. The van der Waals surface area contributed by atoms with E-state index in [1.165, 1.54) is 16.7 Å². The molecule has 0 aliphatic carbocycles. The molecule has 2 rings (SSSR count). The molecule has 6 nitrogen and oxygen atoms in total. The Labute approximate surface area is 224 Å². The molecule has 0 aliphatic rings. The summed E-state index contributed by atoms with van der Waals surface area (Å²) in [5.41, 5.74) is 6.55. The minimum absolute atomic E-state index is 0.0546. The van der Waals surface area contributed by atoms with Crippen molar-refractivity contribution in [2.75, 3.05) is 57.8 Å². The summed E-state index contributed by atoms with van der Waals surface area (Å²) >= 11 is 0. The van der Waals surface area contributed by atoms with E-state index in [4.69, 9.17) is 4.74 Å². The lowest BCUT2D eigenvalue weighted by Gasteiger charge is -2.37. The molecular weight excluding hydrogens is 462 g/mol. The summed E-state index contributed by atoms with van der Waals surface area (Å²) in [6, 6.07) is 12.2. The first-order chi connectivity index (χ1) is 17.7. The van der Waals surface area contributed by atoms with E-state index in [1.807, 2.05) is 32.0 Å². The van der Waals surface area contributed by atoms with Crippen LogP contribution in [0.2, 0.25) is 0 Å². The van der Waals surface area contributed by atoms with E-state index in [2.05, 4.69) is 56.5 Å². The van der Waals surface area contributed by atoms with Gasteiger partial charge in [0.2, 0.25) is 5.91 Å². The van der Waals surface area contributed by atoms with E-state index in [0.717, 1.165) is 53.8 Å². The van der Waals surface area contributed by atoms with Crippen LogP contribution < -0.4 is 10.6 Å². The third-order valence-electron chi connectivity index (χ3n) is 7.35. The first-order valence-electron chi connectivity index (χ1n) is 13.8. The standard InChI is InChI=1S/C31H47N3O3/c1-7-9-17-34(8-2,23-28(35)21-29-24(3)12-10-13-25(29)4)18-20-37-19-16-32-22-30(36)33-31-26(5)14-11-15-27(31)6/h10-15,32H,7-9,16-23H2,1-6H3/p+1. The van der Waals surface area contributed by atoms with Gasteiger partial charge in [0, 0.05) is 18.7 Å². The largest absolute Gasteiger partial charge is 0.374 e. The number of rotatable bonds is 17. The number of amides is 1. The minimum atomic E-state index is -0.0546. The highest BCUT2D eigenvalue weighted by Crippen LogP contribution is 2.19. The van der Waals surface area contributed by atoms with E-state index < -0.39 is 0 Å². The Morgan fingerprint density at radius 1 is 0.865 bits per heavy atom. The second-order valence-electron chi connectivity index (χ2n) is 10.3. The molecule has 1 amide bonds. The van der Waals surface area contributed by atoms with Crippen LogP contribution in [-0.4, -0.2) is 68.7 Å². The number of quaternary nitrogens is 1. The Hall–Kier alpha value is -2.54. The summed E-state index contributed by atoms with van der Waals surface area (Å²) in [6.07, 6.45) is 2.71. The second-order valence-corrected chi connectivity index (χ2v) is 10.3. The maximum Gasteiger partial charge on any atom is 0.238 e. The van der Waals surface area contributed by atoms with Crippen molar-refractivity contribution in [1.29, 1.82) is 0 Å². The zero-order valence-electron chi connectivity index (χ0n) is 23.9. The Morgan fingerprint density at radius 2 is 1.49 bits per heavy atom. The molecule has 0 radical (unpaired) electrons. The van der Waals surface area contributed by atoms with Gasteiger partial charge in [-0.3, -0.25) is 9.59 Å². The molecule has 0 saturated carbocycles. The highest BCUT2D eigenvalue weighted by molar-refractivity contribution is 5.93. The molecule has 0 fully saturated rings. The number of aryl methyl sites for hydroxylation is 4. The molecule has 37 heavy (non-hydrogen) atoms. The maximum absolute atomic E-state index is 13.2. The predicted octanol–water partition coefficient (Wildman–Crippen LogP) is 4.91. The molecule has 0 spiro atoms. The number of Topliss-reactive ketones (excluding diaryl/α,β-unsaturated/α-hetero) is 1. The molecule has 2 aromatic carbocycles.